The van der Waals surface area contributed by atoms with Crippen LogP contribution in [0.1, 0.15) is 38.2 Å². The number of hydrogen-bond acceptors (Lipinski definition) is 2. The molecule has 1 aliphatic heterocycles. The normalized spacial score (nSPS) is 24.9. The third-order valence-electron chi connectivity index (χ3n) is 4.03. The van der Waals surface area contributed by atoms with Gasteiger partial charge in [0.2, 0.25) is 3.61 Å². The van der Waals surface area contributed by atoms with E-state index in [0.717, 1.165) is 34.6 Å². The van der Waals surface area contributed by atoms with Crippen molar-refractivity contribution in [2.75, 3.05) is 6.61 Å². The Morgan fingerprint density at radius 3 is 2.62 bits per heavy atom. The first-order valence-corrected chi connectivity index (χ1v) is 8.00. The van der Waals surface area contributed by atoms with E-state index in [2.05, 4.69) is 0 Å². The Labute approximate surface area is 135 Å². The van der Waals surface area contributed by atoms with Crippen LogP contribution in [0.25, 0.3) is 0 Å². The molecule has 0 aromatic heterocycles. The molecule has 0 amide bonds. The van der Waals surface area contributed by atoms with Gasteiger partial charge in [0.15, 0.2) is 0 Å². The molecule has 0 spiro atoms. The van der Waals surface area contributed by atoms with Crippen molar-refractivity contribution in [3.05, 3.63) is 29.8 Å². The molecule has 0 aliphatic carbocycles. The van der Waals surface area contributed by atoms with E-state index < -0.39 is 15.2 Å². The summed E-state index contributed by atoms with van der Waals surface area (Å²) in [6.07, 6.45) is -3.17. The van der Waals surface area contributed by atoms with Crippen LogP contribution in [0.15, 0.2) is 24.3 Å². The van der Waals surface area contributed by atoms with Gasteiger partial charge >= 0.3 is 6.18 Å². The average molecular weight is 414 g/mol. The van der Waals surface area contributed by atoms with Crippen LogP contribution in [-0.2, 0) is 5.41 Å². The van der Waals surface area contributed by atoms with Gasteiger partial charge in [-0.1, -0.05) is 31.5 Å². The number of benzene rings is 1. The summed E-state index contributed by atoms with van der Waals surface area (Å²) in [7, 11) is 0. The van der Waals surface area contributed by atoms with Gasteiger partial charge in [0.05, 0.1) is 6.61 Å². The summed E-state index contributed by atoms with van der Waals surface area (Å²) in [5.41, 5.74) is 0.0761. The Morgan fingerprint density at radius 1 is 1.33 bits per heavy atom. The van der Waals surface area contributed by atoms with Crippen LogP contribution in [0.4, 0.5) is 13.2 Å². The number of aliphatic hydroxyl groups is 1. The largest absolute Gasteiger partial charge is 0.493 e. The third kappa shape index (κ3) is 3.31. The van der Waals surface area contributed by atoms with Crippen molar-refractivity contribution in [3.63, 3.8) is 0 Å². The van der Waals surface area contributed by atoms with Crippen LogP contribution in [0.5, 0.6) is 5.75 Å². The minimum Gasteiger partial charge on any atom is -0.493 e. The highest BCUT2D eigenvalue weighted by atomic mass is 127. The van der Waals surface area contributed by atoms with Crippen molar-refractivity contribution in [2.24, 2.45) is 0 Å². The first-order valence-electron chi connectivity index (χ1n) is 6.92. The Kier molecular flexibility index (Phi) is 4.78. The molecule has 2 rings (SSSR count). The summed E-state index contributed by atoms with van der Waals surface area (Å²) in [5.74, 6) is 0.631. The Hall–Kier alpha value is -0.500. The van der Waals surface area contributed by atoms with Gasteiger partial charge in [0.25, 0.3) is 0 Å². The fraction of sp³-hybridized carbons (Fsp3) is 0.600. The molecule has 2 unspecified atom stereocenters. The summed E-state index contributed by atoms with van der Waals surface area (Å²) in [6, 6.07) is 7.20. The van der Waals surface area contributed by atoms with E-state index >= 15 is 0 Å². The topological polar surface area (TPSA) is 29.5 Å². The van der Waals surface area contributed by atoms with Crippen LogP contribution < -0.4 is 4.74 Å². The molecule has 118 valence electrons. The zero-order chi connectivity index (χ0) is 15.7. The van der Waals surface area contributed by atoms with Gasteiger partial charge in [-0.15, -0.1) is 0 Å². The Morgan fingerprint density at radius 2 is 2.00 bits per heavy atom. The van der Waals surface area contributed by atoms with Gasteiger partial charge < -0.3 is 9.84 Å². The molecule has 1 N–H and O–H groups in total. The second-order valence-electron chi connectivity index (χ2n) is 5.56. The van der Waals surface area contributed by atoms with Crippen molar-refractivity contribution >= 4 is 22.6 Å². The van der Waals surface area contributed by atoms with Gasteiger partial charge in [-0.3, -0.25) is 0 Å². The van der Waals surface area contributed by atoms with Gasteiger partial charge in [0.1, 0.15) is 5.75 Å². The summed E-state index contributed by atoms with van der Waals surface area (Å²) < 4.78 is 42.1. The number of rotatable bonds is 4. The van der Waals surface area contributed by atoms with E-state index in [-0.39, 0.29) is 6.42 Å². The van der Waals surface area contributed by atoms with Gasteiger partial charge in [-0.2, -0.15) is 13.2 Å². The molecule has 1 heterocycles. The zero-order valence-corrected chi connectivity index (χ0v) is 13.9. The maximum Gasteiger partial charge on any atom is 0.426 e. The summed E-state index contributed by atoms with van der Waals surface area (Å²) in [5, 5.41) is 9.94. The number of alkyl halides is 4. The first-order chi connectivity index (χ1) is 9.72. The highest BCUT2D eigenvalue weighted by molar-refractivity contribution is 14.1. The number of para-hydroxylation sites is 1. The number of fused-ring (bicyclic) bond motifs is 1. The summed E-state index contributed by atoms with van der Waals surface area (Å²) >= 11 is 1.12. The molecule has 1 aliphatic rings. The molecule has 0 radical (unpaired) electrons. The highest BCUT2D eigenvalue weighted by Crippen LogP contribution is 2.51. The molecule has 2 atom stereocenters. The molecule has 21 heavy (non-hydrogen) atoms. The molecule has 0 bridgehead atoms. The van der Waals surface area contributed by atoms with E-state index in [4.69, 9.17) is 4.74 Å². The van der Waals surface area contributed by atoms with E-state index in [0.29, 0.717) is 25.2 Å². The predicted molar refractivity (Wildman–Crippen MR) is 82.8 cm³/mol. The molecule has 2 nitrogen and oxygen atoms in total. The minimum absolute atomic E-state index is 0.349. The van der Waals surface area contributed by atoms with Gasteiger partial charge in [0, 0.05) is 17.4 Å². The van der Waals surface area contributed by atoms with E-state index in [1.54, 1.807) is 18.2 Å². The SMILES string of the molecule is CCCC1(CC(O)(I)C(F)(F)F)CCOc2ccccc21. The van der Waals surface area contributed by atoms with Crippen molar-refractivity contribution in [3.8, 4) is 5.75 Å². The number of halogens is 4. The van der Waals surface area contributed by atoms with Crippen LogP contribution >= 0.6 is 22.6 Å². The molecule has 0 fully saturated rings. The maximum atomic E-state index is 13.1. The standard InChI is InChI=1S/C15H18F3IO2/c1-2-7-13(10-14(19,20)15(16,17)18)8-9-21-12-6-4-3-5-11(12)13/h3-6,20H,2,7-10H2,1H3. The number of hydrogen-bond donors (Lipinski definition) is 1. The molecular weight excluding hydrogens is 396 g/mol. The first kappa shape index (κ1) is 16.9. The van der Waals surface area contributed by atoms with Crippen LogP contribution in [0, 0.1) is 0 Å². The fourth-order valence-corrected chi connectivity index (χ4v) is 3.81. The Bertz CT molecular complexity index is 502. The summed E-state index contributed by atoms with van der Waals surface area (Å²) in [6.45, 7) is 2.32. The van der Waals surface area contributed by atoms with Crippen LogP contribution in [0.2, 0.25) is 0 Å². The van der Waals surface area contributed by atoms with Crippen LogP contribution in [0.3, 0.4) is 0 Å². The van der Waals surface area contributed by atoms with Crippen molar-refractivity contribution < 1.29 is 23.0 Å². The maximum absolute atomic E-state index is 13.1. The third-order valence-corrected chi connectivity index (χ3v) is 5.03. The van der Waals surface area contributed by atoms with E-state index in [9.17, 15) is 18.3 Å². The average Bonchev–Trinajstić information content (AvgIpc) is 2.38. The second kappa shape index (κ2) is 5.95. The highest BCUT2D eigenvalue weighted by Gasteiger charge is 2.56. The van der Waals surface area contributed by atoms with Crippen molar-refractivity contribution in [1.82, 2.24) is 0 Å². The van der Waals surface area contributed by atoms with E-state index in [1.807, 2.05) is 13.0 Å². The molecular formula is C15H18F3IO2. The monoisotopic (exact) mass is 414 g/mol. The molecule has 6 heteroatoms. The lowest BCUT2D eigenvalue weighted by Gasteiger charge is -2.42. The number of ether oxygens (including phenoxy) is 1. The second-order valence-corrected chi connectivity index (χ2v) is 7.34. The molecule has 0 saturated carbocycles. The smallest absolute Gasteiger partial charge is 0.426 e. The lowest BCUT2D eigenvalue weighted by atomic mass is 9.69. The predicted octanol–water partition coefficient (Wildman–Crippen LogP) is 4.58. The van der Waals surface area contributed by atoms with Gasteiger partial charge in [-0.25, -0.2) is 0 Å². The Balaban J connectivity index is 2.44. The fourth-order valence-electron chi connectivity index (χ4n) is 3.08. The zero-order valence-electron chi connectivity index (χ0n) is 11.7. The lowest BCUT2D eigenvalue weighted by Crippen LogP contribution is -2.47. The van der Waals surface area contributed by atoms with Crippen molar-refractivity contribution in [1.29, 1.82) is 0 Å². The van der Waals surface area contributed by atoms with Gasteiger partial charge in [-0.05, 0) is 41.5 Å². The molecule has 1 aromatic carbocycles. The summed E-state index contributed by atoms with van der Waals surface area (Å²) in [4.78, 5) is 0. The van der Waals surface area contributed by atoms with Crippen molar-refractivity contribution in [2.45, 2.75) is 47.8 Å². The van der Waals surface area contributed by atoms with Crippen LogP contribution in [-0.4, -0.2) is 21.5 Å². The minimum atomic E-state index is -4.65. The quantitative estimate of drug-likeness (QED) is 0.578. The molecule has 1 aromatic rings. The molecule has 0 saturated heterocycles. The van der Waals surface area contributed by atoms with E-state index in [1.165, 1.54) is 0 Å². The lowest BCUT2D eigenvalue weighted by molar-refractivity contribution is -0.219.